The van der Waals surface area contributed by atoms with Gasteiger partial charge in [-0.25, -0.2) is 0 Å². The smallest absolute Gasteiger partial charge is 0.191 e. The molecule has 28 heavy (non-hydrogen) atoms. The molecule has 0 saturated carbocycles. The first-order chi connectivity index (χ1) is 13.2. The maximum atomic E-state index is 5.57. The van der Waals surface area contributed by atoms with E-state index in [2.05, 4.69) is 48.3 Å². The predicted octanol–water partition coefficient (Wildman–Crippen LogP) is 2.64. The Morgan fingerprint density at radius 2 is 1.82 bits per heavy atom. The fourth-order valence-electron chi connectivity index (χ4n) is 4.51. The first-order valence-electron chi connectivity index (χ1n) is 11.2. The molecule has 0 amide bonds. The van der Waals surface area contributed by atoms with Gasteiger partial charge in [0.05, 0.1) is 19.8 Å². The van der Waals surface area contributed by atoms with Crippen LogP contribution in [0.15, 0.2) is 4.99 Å². The van der Waals surface area contributed by atoms with Crippen LogP contribution in [0.1, 0.15) is 46.5 Å². The molecule has 2 aliphatic heterocycles. The second kappa shape index (κ2) is 14.8. The third-order valence-electron chi connectivity index (χ3n) is 6.17. The van der Waals surface area contributed by atoms with E-state index in [0.29, 0.717) is 12.0 Å². The number of ether oxygens (including phenoxy) is 1. The molecule has 2 unspecified atom stereocenters. The number of rotatable bonds is 9. The number of morpholine rings is 1. The first kappa shape index (κ1) is 25.9. The van der Waals surface area contributed by atoms with Crippen LogP contribution in [0.4, 0.5) is 0 Å². The summed E-state index contributed by atoms with van der Waals surface area (Å²) in [5.74, 6) is 2.40. The fourth-order valence-corrected chi connectivity index (χ4v) is 4.51. The Balaban J connectivity index is 0.00000392. The summed E-state index contributed by atoms with van der Waals surface area (Å²) in [6, 6.07) is 0.514. The molecule has 0 spiro atoms. The van der Waals surface area contributed by atoms with Crippen molar-refractivity contribution in [3.63, 3.8) is 0 Å². The van der Waals surface area contributed by atoms with Crippen LogP contribution in [0, 0.1) is 11.8 Å². The number of nitrogens with one attached hydrogen (secondary N) is 2. The molecule has 166 valence electrons. The van der Waals surface area contributed by atoms with Gasteiger partial charge in [0.1, 0.15) is 0 Å². The zero-order valence-electron chi connectivity index (χ0n) is 18.6. The van der Waals surface area contributed by atoms with Gasteiger partial charge >= 0.3 is 0 Å². The Hall–Kier alpha value is -0.120. The minimum atomic E-state index is 0. The quantitative estimate of drug-likeness (QED) is 0.285. The van der Waals surface area contributed by atoms with Crippen molar-refractivity contribution >= 4 is 29.9 Å². The third-order valence-corrected chi connectivity index (χ3v) is 6.17. The lowest BCUT2D eigenvalue weighted by Crippen LogP contribution is -2.49. The summed E-state index contributed by atoms with van der Waals surface area (Å²) in [7, 11) is 2.23. The van der Waals surface area contributed by atoms with Gasteiger partial charge in [0.15, 0.2) is 5.96 Å². The van der Waals surface area contributed by atoms with Crippen LogP contribution in [0.25, 0.3) is 0 Å². The average Bonchev–Trinajstić information content (AvgIpc) is 2.70. The summed E-state index contributed by atoms with van der Waals surface area (Å²) < 4.78 is 5.57. The average molecular weight is 510 g/mol. The molecule has 0 radical (unpaired) electrons. The van der Waals surface area contributed by atoms with Crippen molar-refractivity contribution in [2.24, 2.45) is 16.8 Å². The largest absolute Gasteiger partial charge is 0.379 e. The van der Waals surface area contributed by atoms with Crippen molar-refractivity contribution < 1.29 is 4.74 Å². The molecule has 2 heterocycles. The summed E-state index contributed by atoms with van der Waals surface area (Å²) in [5.41, 5.74) is 0. The number of hydrogen-bond acceptors (Lipinski definition) is 4. The Morgan fingerprint density at radius 3 is 2.43 bits per heavy atom. The van der Waals surface area contributed by atoms with Gasteiger partial charge < -0.3 is 20.3 Å². The van der Waals surface area contributed by atoms with Gasteiger partial charge in [0.25, 0.3) is 0 Å². The minimum Gasteiger partial charge on any atom is -0.379 e. The molecule has 0 aliphatic carbocycles. The van der Waals surface area contributed by atoms with Gasteiger partial charge in [-0.15, -0.1) is 24.0 Å². The Bertz CT molecular complexity index is 427. The normalized spacial score (nSPS) is 23.3. The topological polar surface area (TPSA) is 52.1 Å². The van der Waals surface area contributed by atoms with Crippen molar-refractivity contribution in [3.8, 4) is 0 Å². The molecule has 0 aromatic rings. The molecule has 2 aliphatic rings. The van der Waals surface area contributed by atoms with E-state index in [4.69, 9.17) is 9.73 Å². The van der Waals surface area contributed by atoms with Crippen molar-refractivity contribution in [1.82, 2.24) is 20.4 Å². The number of guanidine groups is 1. The Kier molecular flexibility index (Phi) is 13.7. The van der Waals surface area contributed by atoms with Crippen LogP contribution in [-0.4, -0.2) is 87.9 Å². The number of likely N-dealkylation sites (tertiary alicyclic amines) is 1. The van der Waals surface area contributed by atoms with E-state index in [0.717, 1.165) is 57.8 Å². The highest BCUT2D eigenvalue weighted by atomic mass is 127. The Labute approximate surface area is 190 Å². The molecule has 0 bridgehead atoms. The van der Waals surface area contributed by atoms with Gasteiger partial charge in [-0.3, -0.25) is 9.89 Å². The molecule has 2 rings (SSSR count). The standard InChI is InChI=1S/C21H43N5O.HI/c1-5-19(6-2)20(26-11-13-27-14-12-26)16-24-21(22-7-3)23-15-18-9-8-10-25(4)17-18;/h18-20H,5-17H2,1-4H3,(H2,22,23,24);1H. The van der Waals surface area contributed by atoms with Crippen molar-refractivity contribution in [3.05, 3.63) is 0 Å². The number of nitrogens with zero attached hydrogens (tertiary/aromatic N) is 3. The summed E-state index contributed by atoms with van der Waals surface area (Å²) in [6.45, 7) is 15.8. The molecule has 2 atom stereocenters. The zero-order valence-corrected chi connectivity index (χ0v) is 20.9. The minimum absolute atomic E-state index is 0. The SMILES string of the molecule is CCNC(=NCC(C(CC)CC)N1CCOCC1)NCC1CCCN(C)C1.I. The van der Waals surface area contributed by atoms with Crippen molar-refractivity contribution in [1.29, 1.82) is 0 Å². The van der Waals surface area contributed by atoms with Crippen LogP contribution in [0.2, 0.25) is 0 Å². The van der Waals surface area contributed by atoms with Crippen LogP contribution in [-0.2, 0) is 4.74 Å². The lowest BCUT2D eigenvalue weighted by molar-refractivity contribution is 0.00395. The number of piperidine rings is 1. The number of hydrogen-bond donors (Lipinski definition) is 2. The predicted molar refractivity (Wildman–Crippen MR) is 130 cm³/mol. The van der Waals surface area contributed by atoms with Crippen LogP contribution in [0.3, 0.4) is 0 Å². The molecule has 2 saturated heterocycles. The van der Waals surface area contributed by atoms with E-state index >= 15 is 0 Å². The summed E-state index contributed by atoms with van der Waals surface area (Å²) >= 11 is 0. The fraction of sp³-hybridized carbons (Fsp3) is 0.952. The van der Waals surface area contributed by atoms with Crippen LogP contribution >= 0.6 is 24.0 Å². The monoisotopic (exact) mass is 509 g/mol. The molecule has 0 aromatic heterocycles. The number of halogens is 1. The Morgan fingerprint density at radius 1 is 1.11 bits per heavy atom. The van der Waals surface area contributed by atoms with E-state index < -0.39 is 0 Å². The molecule has 2 N–H and O–H groups in total. The van der Waals surface area contributed by atoms with E-state index in [-0.39, 0.29) is 24.0 Å². The van der Waals surface area contributed by atoms with Gasteiger partial charge in [-0.1, -0.05) is 26.7 Å². The maximum absolute atomic E-state index is 5.57. The summed E-state index contributed by atoms with van der Waals surface area (Å²) in [5, 5.41) is 7.06. The first-order valence-corrected chi connectivity index (χ1v) is 11.2. The van der Waals surface area contributed by atoms with Gasteiger partial charge in [-0.05, 0) is 45.2 Å². The van der Waals surface area contributed by atoms with E-state index in [1.807, 2.05) is 0 Å². The highest BCUT2D eigenvalue weighted by Gasteiger charge is 2.27. The zero-order chi connectivity index (χ0) is 19.5. The van der Waals surface area contributed by atoms with Gasteiger partial charge in [0.2, 0.25) is 0 Å². The highest BCUT2D eigenvalue weighted by Crippen LogP contribution is 2.20. The summed E-state index contributed by atoms with van der Waals surface area (Å²) in [4.78, 5) is 10.1. The molecule has 2 fully saturated rings. The van der Waals surface area contributed by atoms with Gasteiger partial charge in [0, 0.05) is 38.8 Å². The molecule has 6 nitrogen and oxygen atoms in total. The van der Waals surface area contributed by atoms with Crippen molar-refractivity contribution in [2.45, 2.75) is 52.5 Å². The third kappa shape index (κ3) is 8.71. The molecule has 0 aromatic carbocycles. The lowest BCUT2D eigenvalue weighted by Gasteiger charge is -2.38. The van der Waals surface area contributed by atoms with Crippen molar-refractivity contribution in [2.75, 3.05) is 66.1 Å². The molecular formula is C21H44IN5O. The van der Waals surface area contributed by atoms with E-state index in [1.165, 1.54) is 38.8 Å². The van der Waals surface area contributed by atoms with E-state index in [1.54, 1.807) is 0 Å². The maximum Gasteiger partial charge on any atom is 0.191 e. The second-order valence-electron chi connectivity index (χ2n) is 8.16. The highest BCUT2D eigenvalue weighted by molar-refractivity contribution is 14.0. The van der Waals surface area contributed by atoms with E-state index in [9.17, 15) is 0 Å². The van der Waals surface area contributed by atoms with Gasteiger partial charge in [-0.2, -0.15) is 0 Å². The summed E-state index contributed by atoms with van der Waals surface area (Å²) in [6.07, 6.45) is 5.06. The number of aliphatic imine (C=N–C) groups is 1. The lowest BCUT2D eigenvalue weighted by atomic mass is 9.92. The van der Waals surface area contributed by atoms with Crippen LogP contribution < -0.4 is 10.6 Å². The molecule has 7 heteroatoms. The van der Waals surface area contributed by atoms with Crippen LogP contribution in [0.5, 0.6) is 0 Å². The second-order valence-corrected chi connectivity index (χ2v) is 8.16. The molecular weight excluding hydrogens is 465 g/mol.